The van der Waals surface area contributed by atoms with Gasteiger partial charge in [0.05, 0.1) is 12.0 Å². The molecule has 0 saturated carbocycles. The Morgan fingerprint density at radius 3 is 2.81 bits per heavy atom. The highest BCUT2D eigenvalue weighted by atomic mass is 16.4. The fourth-order valence-corrected chi connectivity index (χ4v) is 1.40. The van der Waals surface area contributed by atoms with Gasteiger partial charge in [-0.1, -0.05) is 0 Å². The van der Waals surface area contributed by atoms with Crippen LogP contribution >= 0.6 is 0 Å². The lowest BCUT2D eigenvalue weighted by Gasteiger charge is -1.91. The average Bonchev–Trinajstić information content (AvgIpc) is 2.56. The Morgan fingerprint density at radius 2 is 2.19 bits per heavy atom. The maximum absolute atomic E-state index is 10.9. The van der Waals surface area contributed by atoms with Crippen LogP contribution in [0.5, 0.6) is 0 Å². The van der Waals surface area contributed by atoms with E-state index in [1.165, 1.54) is 25.1 Å². The number of carbonyl (C=O) groups excluding carboxylic acids is 1. The Morgan fingerprint density at radius 1 is 1.44 bits per heavy atom. The van der Waals surface area contributed by atoms with Crippen LogP contribution in [0.25, 0.3) is 11.1 Å². The summed E-state index contributed by atoms with van der Waals surface area (Å²) < 4.78 is 5.29. The third-order valence-corrected chi connectivity index (χ3v) is 2.08. The molecule has 0 aliphatic rings. The summed E-state index contributed by atoms with van der Waals surface area (Å²) in [4.78, 5) is 25.6. The van der Waals surface area contributed by atoms with Crippen LogP contribution in [0.1, 0.15) is 23.2 Å². The van der Waals surface area contributed by atoms with Crippen LogP contribution in [0.2, 0.25) is 0 Å². The quantitative estimate of drug-likeness (QED) is 0.848. The van der Waals surface area contributed by atoms with Crippen LogP contribution in [0.15, 0.2) is 22.6 Å². The van der Waals surface area contributed by atoms with E-state index in [4.69, 9.17) is 9.52 Å². The van der Waals surface area contributed by atoms with Gasteiger partial charge in [0.1, 0.15) is 11.3 Å². The summed E-state index contributed by atoms with van der Waals surface area (Å²) in [6.45, 7) is 1.44. The van der Waals surface area contributed by atoms with Crippen LogP contribution in [-0.4, -0.2) is 21.8 Å². The van der Waals surface area contributed by atoms with Crippen molar-refractivity contribution in [3.63, 3.8) is 0 Å². The summed E-state index contributed by atoms with van der Waals surface area (Å²) in [6, 6.07) is 4.40. The lowest BCUT2D eigenvalue weighted by atomic mass is 10.2. The molecule has 0 fully saturated rings. The third kappa shape index (κ3) is 1.93. The monoisotopic (exact) mass is 219 g/mol. The van der Waals surface area contributed by atoms with E-state index < -0.39 is 5.97 Å². The second-order valence-corrected chi connectivity index (χ2v) is 3.47. The molecule has 0 amide bonds. The minimum absolute atomic E-state index is 0.0509. The first kappa shape index (κ1) is 10.4. The molecule has 0 atom stereocenters. The number of benzene rings is 1. The average molecular weight is 219 g/mol. The highest BCUT2D eigenvalue weighted by Gasteiger charge is 2.10. The van der Waals surface area contributed by atoms with Crippen molar-refractivity contribution in [3.8, 4) is 0 Å². The minimum atomic E-state index is -1.02. The predicted molar refractivity (Wildman–Crippen MR) is 55.4 cm³/mol. The van der Waals surface area contributed by atoms with Gasteiger partial charge in [-0.25, -0.2) is 9.78 Å². The van der Waals surface area contributed by atoms with Gasteiger partial charge in [-0.3, -0.25) is 4.79 Å². The topological polar surface area (TPSA) is 80.4 Å². The van der Waals surface area contributed by atoms with E-state index in [2.05, 4.69) is 4.98 Å². The molecular weight excluding hydrogens is 210 g/mol. The molecule has 1 aromatic carbocycles. The molecule has 0 spiro atoms. The van der Waals surface area contributed by atoms with Crippen molar-refractivity contribution in [3.05, 3.63) is 29.7 Å². The maximum Gasteiger partial charge on any atom is 0.335 e. The number of hydrogen-bond acceptors (Lipinski definition) is 4. The van der Waals surface area contributed by atoms with E-state index >= 15 is 0 Å². The maximum atomic E-state index is 10.9. The number of carbonyl (C=O) groups is 2. The van der Waals surface area contributed by atoms with Gasteiger partial charge in [-0.2, -0.15) is 0 Å². The number of oxazole rings is 1. The van der Waals surface area contributed by atoms with Crippen LogP contribution in [-0.2, 0) is 11.2 Å². The van der Waals surface area contributed by atoms with Crippen molar-refractivity contribution in [1.29, 1.82) is 0 Å². The molecule has 0 aliphatic heterocycles. The SMILES string of the molecule is CC(=O)Cc1nc2cc(C(=O)O)ccc2o1. The highest BCUT2D eigenvalue weighted by molar-refractivity contribution is 5.92. The zero-order valence-corrected chi connectivity index (χ0v) is 8.56. The molecule has 5 heteroatoms. The second-order valence-electron chi connectivity index (χ2n) is 3.47. The number of carboxylic acid groups (broad SMARTS) is 1. The van der Waals surface area contributed by atoms with E-state index in [0.717, 1.165) is 0 Å². The number of rotatable bonds is 3. The molecule has 2 aromatic rings. The molecule has 1 N–H and O–H groups in total. The van der Waals surface area contributed by atoms with Crippen molar-refractivity contribution in [2.75, 3.05) is 0 Å². The van der Waals surface area contributed by atoms with E-state index in [1.807, 2.05) is 0 Å². The molecule has 0 unspecified atom stereocenters. The first-order chi connectivity index (χ1) is 7.56. The van der Waals surface area contributed by atoms with E-state index in [9.17, 15) is 9.59 Å². The first-order valence-corrected chi connectivity index (χ1v) is 4.68. The number of fused-ring (bicyclic) bond motifs is 1. The lowest BCUT2D eigenvalue weighted by molar-refractivity contribution is -0.116. The smallest absolute Gasteiger partial charge is 0.335 e. The van der Waals surface area contributed by atoms with Gasteiger partial charge in [0, 0.05) is 0 Å². The van der Waals surface area contributed by atoms with Gasteiger partial charge in [0.25, 0.3) is 0 Å². The van der Waals surface area contributed by atoms with Crippen LogP contribution in [0.3, 0.4) is 0 Å². The number of nitrogens with zero attached hydrogens (tertiary/aromatic N) is 1. The molecular formula is C11H9NO4. The number of hydrogen-bond donors (Lipinski definition) is 1. The first-order valence-electron chi connectivity index (χ1n) is 4.68. The van der Waals surface area contributed by atoms with Gasteiger partial charge in [-0.05, 0) is 25.1 Å². The van der Waals surface area contributed by atoms with E-state index in [1.54, 1.807) is 0 Å². The second kappa shape index (κ2) is 3.77. The highest BCUT2D eigenvalue weighted by Crippen LogP contribution is 2.17. The molecule has 5 nitrogen and oxygen atoms in total. The zero-order chi connectivity index (χ0) is 11.7. The molecule has 0 radical (unpaired) electrons. The van der Waals surface area contributed by atoms with Crippen molar-refractivity contribution < 1.29 is 19.1 Å². The zero-order valence-electron chi connectivity index (χ0n) is 8.56. The Balaban J connectivity index is 2.45. The molecule has 16 heavy (non-hydrogen) atoms. The Kier molecular flexibility index (Phi) is 2.44. The summed E-state index contributed by atoms with van der Waals surface area (Å²) in [5.74, 6) is -0.756. The van der Waals surface area contributed by atoms with Crippen molar-refractivity contribution in [1.82, 2.24) is 4.98 Å². The summed E-state index contributed by atoms with van der Waals surface area (Å²) >= 11 is 0. The predicted octanol–water partition coefficient (Wildman–Crippen LogP) is 1.66. The van der Waals surface area contributed by atoms with Crippen LogP contribution in [0.4, 0.5) is 0 Å². The van der Waals surface area contributed by atoms with E-state index in [0.29, 0.717) is 17.0 Å². The van der Waals surface area contributed by atoms with Gasteiger partial charge < -0.3 is 9.52 Å². The van der Waals surface area contributed by atoms with Crippen molar-refractivity contribution in [2.45, 2.75) is 13.3 Å². The Labute approximate surface area is 90.7 Å². The van der Waals surface area contributed by atoms with Gasteiger partial charge in [0.15, 0.2) is 5.58 Å². The number of carboxylic acids is 1. The molecule has 1 aromatic heterocycles. The fourth-order valence-electron chi connectivity index (χ4n) is 1.40. The molecule has 82 valence electrons. The Bertz CT molecular complexity index is 570. The third-order valence-electron chi connectivity index (χ3n) is 2.08. The van der Waals surface area contributed by atoms with E-state index in [-0.39, 0.29) is 17.8 Å². The summed E-state index contributed by atoms with van der Waals surface area (Å²) in [7, 11) is 0. The van der Waals surface area contributed by atoms with Crippen LogP contribution in [0, 0.1) is 0 Å². The molecule has 1 heterocycles. The summed E-state index contributed by atoms with van der Waals surface area (Å²) in [6.07, 6.45) is 0.122. The van der Waals surface area contributed by atoms with Crippen LogP contribution < -0.4 is 0 Å². The fraction of sp³-hybridized carbons (Fsp3) is 0.182. The van der Waals surface area contributed by atoms with Gasteiger partial charge in [-0.15, -0.1) is 0 Å². The minimum Gasteiger partial charge on any atom is -0.478 e. The lowest BCUT2D eigenvalue weighted by Crippen LogP contribution is -1.96. The van der Waals surface area contributed by atoms with Gasteiger partial charge in [0.2, 0.25) is 5.89 Å². The molecule has 0 bridgehead atoms. The number of aromatic nitrogens is 1. The standard InChI is InChI=1S/C11H9NO4/c1-6(13)4-10-12-8-5-7(11(14)15)2-3-9(8)16-10/h2-3,5H,4H2,1H3,(H,14,15). The number of Topliss-reactive ketones (excluding diaryl/α,β-unsaturated/α-hetero) is 1. The number of aromatic carboxylic acids is 1. The number of ketones is 1. The van der Waals surface area contributed by atoms with Crippen molar-refractivity contribution in [2.24, 2.45) is 0 Å². The summed E-state index contributed by atoms with van der Waals surface area (Å²) in [5, 5.41) is 8.78. The molecule has 2 rings (SSSR count). The largest absolute Gasteiger partial charge is 0.478 e. The van der Waals surface area contributed by atoms with Crippen molar-refractivity contribution >= 4 is 22.9 Å². The molecule has 0 aliphatic carbocycles. The summed E-state index contributed by atoms with van der Waals surface area (Å²) in [5.41, 5.74) is 1.09. The molecule has 0 saturated heterocycles. The normalized spacial score (nSPS) is 10.6. The van der Waals surface area contributed by atoms with Gasteiger partial charge >= 0.3 is 5.97 Å². The Hall–Kier alpha value is -2.17.